The molecule has 1 unspecified atom stereocenters. The molecular formula is C19H27N3O2. The van der Waals surface area contributed by atoms with Gasteiger partial charge in [0.2, 0.25) is 0 Å². The number of rotatable bonds is 7. The third-order valence-corrected chi connectivity index (χ3v) is 4.36. The number of carbonyl (C=O) groups is 2. The first kappa shape index (κ1) is 18.2. The molecule has 2 amide bonds. The molecule has 0 aliphatic heterocycles. The van der Waals surface area contributed by atoms with Crippen molar-refractivity contribution < 1.29 is 9.59 Å². The minimum atomic E-state index is -0.232. The lowest BCUT2D eigenvalue weighted by Crippen LogP contribution is -2.32. The summed E-state index contributed by atoms with van der Waals surface area (Å²) in [5.41, 5.74) is 2.17. The summed E-state index contributed by atoms with van der Waals surface area (Å²) in [6.45, 7) is 4.57. The van der Waals surface area contributed by atoms with Crippen LogP contribution in [0.3, 0.4) is 0 Å². The van der Waals surface area contributed by atoms with Crippen molar-refractivity contribution in [3.63, 3.8) is 0 Å². The number of allylic oxidation sites excluding steroid dienone is 1. The van der Waals surface area contributed by atoms with Crippen LogP contribution in [0.5, 0.6) is 0 Å². The first-order chi connectivity index (χ1) is 11.6. The Bertz CT molecular complexity index is 610. The lowest BCUT2D eigenvalue weighted by atomic mass is 9.97. The van der Waals surface area contributed by atoms with E-state index in [9.17, 15) is 9.59 Å². The molecule has 24 heavy (non-hydrogen) atoms. The van der Waals surface area contributed by atoms with Gasteiger partial charge < -0.3 is 10.6 Å². The zero-order valence-corrected chi connectivity index (χ0v) is 14.6. The Morgan fingerprint density at radius 3 is 2.83 bits per heavy atom. The fourth-order valence-electron chi connectivity index (χ4n) is 2.66. The zero-order chi connectivity index (χ0) is 17.4. The molecule has 1 aliphatic rings. The van der Waals surface area contributed by atoms with Crippen molar-refractivity contribution in [2.75, 3.05) is 6.54 Å². The number of nitrogens with one attached hydrogen (secondary N) is 2. The molecule has 0 saturated heterocycles. The molecule has 1 heterocycles. The van der Waals surface area contributed by atoms with Crippen molar-refractivity contribution in [3.8, 4) is 0 Å². The lowest BCUT2D eigenvalue weighted by molar-refractivity contribution is 0.0939. The van der Waals surface area contributed by atoms with Crippen LogP contribution >= 0.6 is 0 Å². The summed E-state index contributed by atoms with van der Waals surface area (Å²) >= 11 is 0. The van der Waals surface area contributed by atoms with Crippen LogP contribution in [0, 0.1) is 0 Å². The van der Waals surface area contributed by atoms with Crippen LogP contribution in [-0.2, 0) is 0 Å². The molecule has 1 atom stereocenters. The van der Waals surface area contributed by atoms with Crippen LogP contribution in [0.2, 0.25) is 0 Å². The third kappa shape index (κ3) is 5.48. The largest absolute Gasteiger partial charge is 0.350 e. The normalized spacial score (nSPS) is 15.3. The van der Waals surface area contributed by atoms with Gasteiger partial charge in [0.25, 0.3) is 11.8 Å². The van der Waals surface area contributed by atoms with E-state index < -0.39 is 0 Å². The van der Waals surface area contributed by atoms with Gasteiger partial charge in [0.1, 0.15) is 5.69 Å². The molecule has 0 radical (unpaired) electrons. The Balaban J connectivity index is 1.88. The number of amides is 2. The van der Waals surface area contributed by atoms with Gasteiger partial charge in [-0.15, -0.1) is 0 Å². The SMILES string of the molecule is CCC(C)NC(=O)c1ccnc(C(=O)NCCC2=CCCCC2)c1. The molecule has 0 bridgehead atoms. The van der Waals surface area contributed by atoms with E-state index >= 15 is 0 Å². The number of aromatic nitrogens is 1. The van der Waals surface area contributed by atoms with Gasteiger partial charge in [0, 0.05) is 24.3 Å². The number of pyridine rings is 1. The average Bonchev–Trinajstić information content (AvgIpc) is 2.62. The average molecular weight is 329 g/mol. The minimum absolute atomic E-state index is 0.103. The molecule has 5 nitrogen and oxygen atoms in total. The van der Waals surface area contributed by atoms with Crippen LogP contribution in [0.15, 0.2) is 30.0 Å². The Morgan fingerprint density at radius 2 is 2.12 bits per heavy atom. The summed E-state index contributed by atoms with van der Waals surface area (Å²) in [5, 5.41) is 5.78. The van der Waals surface area contributed by atoms with Gasteiger partial charge in [0.15, 0.2) is 0 Å². The maximum Gasteiger partial charge on any atom is 0.269 e. The second-order valence-corrected chi connectivity index (χ2v) is 6.33. The van der Waals surface area contributed by atoms with Crippen LogP contribution < -0.4 is 10.6 Å². The van der Waals surface area contributed by atoms with E-state index in [-0.39, 0.29) is 23.6 Å². The smallest absolute Gasteiger partial charge is 0.269 e. The van der Waals surface area contributed by atoms with Crippen LogP contribution in [0.25, 0.3) is 0 Å². The molecule has 5 heteroatoms. The fourth-order valence-corrected chi connectivity index (χ4v) is 2.66. The van der Waals surface area contributed by atoms with E-state index in [4.69, 9.17) is 0 Å². The van der Waals surface area contributed by atoms with Crippen LogP contribution in [-0.4, -0.2) is 29.4 Å². The van der Waals surface area contributed by atoms with Crippen molar-refractivity contribution >= 4 is 11.8 Å². The highest BCUT2D eigenvalue weighted by Crippen LogP contribution is 2.19. The molecule has 2 N–H and O–H groups in total. The van der Waals surface area contributed by atoms with Crippen LogP contribution in [0.4, 0.5) is 0 Å². The molecule has 130 valence electrons. The fraction of sp³-hybridized carbons (Fsp3) is 0.526. The maximum atomic E-state index is 12.2. The van der Waals surface area contributed by atoms with E-state index in [1.54, 1.807) is 12.1 Å². The summed E-state index contributed by atoms with van der Waals surface area (Å²) in [7, 11) is 0. The molecule has 0 aromatic carbocycles. The van der Waals surface area contributed by atoms with Gasteiger partial charge in [-0.3, -0.25) is 14.6 Å². The van der Waals surface area contributed by atoms with E-state index in [0.717, 1.165) is 25.7 Å². The summed E-state index contributed by atoms with van der Waals surface area (Å²) < 4.78 is 0. The van der Waals surface area contributed by atoms with Gasteiger partial charge in [-0.05, 0) is 57.6 Å². The minimum Gasteiger partial charge on any atom is -0.350 e. The number of carbonyl (C=O) groups excluding carboxylic acids is 2. The first-order valence-corrected chi connectivity index (χ1v) is 8.83. The zero-order valence-electron chi connectivity index (χ0n) is 14.6. The molecular weight excluding hydrogens is 302 g/mol. The van der Waals surface area contributed by atoms with Crippen molar-refractivity contribution in [2.24, 2.45) is 0 Å². The number of nitrogens with zero attached hydrogens (tertiary/aromatic N) is 1. The van der Waals surface area contributed by atoms with Crippen molar-refractivity contribution in [2.45, 2.75) is 58.4 Å². The lowest BCUT2D eigenvalue weighted by Gasteiger charge is -2.13. The molecule has 0 fully saturated rings. The Kier molecular flexibility index (Phi) is 6.97. The van der Waals surface area contributed by atoms with Gasteiger partial charge in [-0.25, -0.2) is 0 Å². The molecule has 1 aliphatic carbocycles. The molecule has 2 rings (SSSR count). The molecule has 1 aromatic heterocycles. The molecule has 0 saturated carbocycles. The maximum absolute atomic E-state index is 12.2. The molecule has 0 spiro atoms. The van der Waals surface area contributed by atoms with Crippen molar-refractivity contribution in [3.05, 3.63) is 41.2 Å². The van der Waals surface area contributed by atoms with Crippen molar-refractivity contribution in [1.29, 1.82) is 0 Å². The quantitative estimate of drug-likeness (QED) is 0.755. The summed E-state index contributed by atoms with van der Waals surface area (Å²) in [6, 6.07) is 3.28. The van der Waals surface area contributed by atoms with Gasteiger partial charge in [-0.1, -0.05) is 18.6 Å². The first-order valence-electron chi connectivity index (χ1n) is 8.83. The standard InChI is InChI=1S/C19H27N3O2/c1-3-14(2)22-18(23)16-10-12-20-17(13-16)19(24)21-11-9-15-7-5-4-6-8-15/h7,10,12-14H,3-6,8-9,11H2,1-2H3,(H,21,24)(H,22,23). The monoisotopic (exact) mass is 329 g/mol. The Morgan fingerprint density at radius 1 is 1.29 bits per heavy atom. The highest BCUT2D eigenvalue weighted by molar-refractivity contribution is 5.98. The highest BCUT2D eigenvalue weighted by atomic mass is 16.2. The van der Waals surface area contributed by atoms with E-state index in [1.807, 2.05) is 13.8 Å². The van der Waals surface area contributed by atoms with Crippen molar-refractivity contribution in [1.82, 2.24) is 15.6 Å². The summed E-state index contributed by atoms with van der Waals surface area (Å²) in [4.78, 5) is 28.4. The van der Waals surface area contributed by atoms with Crippen LogP contribution in [0.1, 0.15) is 73.2 Å². The second kappa shape index (κ2) is 9.21. The van der Waals surface area contributed by atoms with E-state index in [1.165, 1.54) is 24.6 Å². The number of hydrogen-bond donors (Lipinski definition) is 2. The Hall–Kier alpha value is -2.17. The highest BCUT2D eigenvalue weighted by Gasteiger charge is 2.13. The predicted octanol–water partition coefficient (Wildman–Crippen LogP) is 3.23. The van der Waals surface area contributed by atoms with E-state index in [0.29, 0.717) is 12.1 Å². The Labute approximate surface area is 143 Å². The van der Waals surface area contributed by atoms with E-state index in [2.05, 4.69) is 21.7 Å². The second-order valence-electron chi connectivity index (χ2n) is 6.33. The summed E-state index contributed by atoms with van der Waals surface area (Å²) in [5.74, 6) is -0.405. The molecule has 1 aromatic rings. The predicted molar refractivity (Wildman–Crippen MR) is 95.0 cm³/mol. The van der Waals surface area contributed by atoms with Gasteiger partial charge in [-0.2, -0.15) is 0 Å². The van der Waals surface area contributed by atoms with Gasteiger partial charge >= 0.3 is 0 Å². The third-order valence-electron chi connectivity index (χ3n) is 4.36. The summed E-state index contributed by atoms with van der Waals surface area (Å²) in [6.07, 6.45) is 10.3. The number of hydrogen-bond acceptors (Lipinski definition) is 3. The van der Waals surface area contributed by atoms with Gasteiger partial charge in [0.05, 0.1) is 0 Å². The topological polar surface area (TPSA) is 71.1 Å².